The van der Waals surface area contributed by atoms with Crippen LogP contribution >= 0.6 is 0 Å². The molecule has 0 radical (unpaired) electrons. The summed E-state index contributed by atoms with van der Waals surface area (Å²) in [6.45, 7) is 4.38. The zero-order chi connectivity index (χ0) is 10.2. The average Bonchev–Trinajstić information content (AvgIpc) is 2.06. The Kier molecular flexibility index (Phi) is 2.49. The van der Waals surface area contributed by atoms with Crippen molar-refractivity contribution in [3.05, 3.63) is 0 Å². The first-order valence-corrected chi connectivity index (χ1v) is 5.20. The number of carbonyl (C=O) groups excluding carboxylic acids is 1. The van der Waals surface area contributed by atoms with Crippen molar-refractivity contribution in [2.75, 3.05) is 19.8 Å². The van der Waals surface area contributed by atoms with E-state index in [0.29, 0.717) is 0 Å². The molecule has 1 saturated heterocycles. The van der Waals surface area contributed by atoms with Gasteiger partial charge in [0.2, 0.25) is 5.91 Å². The van der Waals surface area contributed by atoms with Crippen molar-refractivity contribution in [3.63, 3.8) is 0 Å². The van der Waals surface area contributed by atoms with Crippen molar-refractivity contribution in [3.8, 4) is 0 Å². The van der Waals surface area contributed by atoms with Crippen molar-refractivity contribution in [2.24, 2.45) is 17.1 Å². The zero-order valence-electron chi connectivity index (χ0n) is 8.58. The molecule has 4 heteroatoms. The van der Waals surface area contributed by atoms with Gasteiger partial charge in [-0.1, -0.05) is 6.92 Å². The molecule has 14 heavy (non-hydrogen) atoms. The van der Waals surface area contributed by atoms with E-state index in [9.17, 15) is 4.79 Å². The third-order valence-corrected chi connectivity index (χ3v) is 3.14. The minimum atomic E-state index is 0.162. The van der Waals surface area contributed by atoms with Crippen LogP contribution in [0.1, 0.15) is 19.8 Å². The van der Waals surface area contributed by atoms with Crippen molar-refractivity contribution >= 4 is 5.91 Å². The molecule has 3 N–H and O–H groups in total. The van der Waals surface area contributed by atoms with Gasteiger partial charge in [-0.25, -0.2) is 0 Å². The molecule has 1 saturated carbocycles. The first-order valence-electron chi connectivity index (χ1n) is 5.20. The number of rotatable bonds is 3. The van der Waals surface area contributed by atoms with E-state index in [0.717, 1.165) is 32.6 Å². The molecule has 4 nitrogen and oxygen atoms in total. The minimum Gasteiger partial charge on any atom is -0.380 e. The first-order chi connectivity index (χ1) is 6.59. The summed E-state index contributed by atoms with van der Waals surface area (Å²) in [5.74, 6) is 0.328. The lowest BCUT2D eigenvalue weighted by Gasteiger charge is -2.39. The van der Waals surface area contributed by atoms with E-state index in [1.165, 1.54) is 0 Å². The Morgan fingerprint density at radius 2 is 2.21 bits per heavy atom. The second kappa shape index (κ2) is 3.51. The van der Waals surface area contributed by atoms with Gasteiger partial charge in [0.05, 0.1) is 13.2 Å². The molecular weight excluding hydrogens is 180 g/mol. The maximum atomic E-state index is 11.6. The van der Waals surface area contributed by atoms with Gasteiger partial charge in [-0.3, -0.25) is 4.79 Å². The Morgan fingerprint density at radius 1 is 1.57 bits per heavy atom. The summed E-state index contributed by atoms with van der Waals surface area (Å²) < 4.78 is 5.12. The molecule has 1 heterocycles. The lowest BCUT2D eigenvalue weighted by Crippen LogP contribution is -2.52. The Balaban J connectivity index is 1.68. The number of ether oxygens (including phenoxy) is 1. The minimum absolute atomic E-state index is 0.162. The van der Waals surface area contributed by atoms with Crippen LogP contribution in [0.5, 0.6) is 0 Å². The Labute approximate surface area is 84.2 Å². The number of hydrogen-bond acceptors (Lipinski definition) is 3. The van der Waals surface area contributed by atoms with Gasteiger partial charge in [-0.15, -0.1) is 0 Å². The molecule has 0 aromatic rings. The summed E-state index contributed by atoms with van der Waals surface area (Å²) >= 11 is 0. The predicted octanol–water partition coefficient (Wildman–Crippen LogP) is -0.124. The van der Waals surface area contributed by atoms with Crippen molar-refractivity contribution in [1.29, 1.82) is 0 Å². The monoisotopic (exact) mass is 198 g/mol. The quantitative estimate of drug-likeness (QED) is 0.664. The second-order valence-corrected chi connectivity index (χ2v) is 4.95. The van der Waals surface area contributed by atoms with Gasteiger partial charge in [-0.05, 0) is 12.8 Å². The Bertz CT molecular complexity index is 232. The Hall–Kier alpha value is -0.610. The molecule has 0 unspecified atom stereocenters. The summed E-state index contributed by atoms with van der Waals surface area (Å²) in [6, 6.07) is 0.244. The van der Waals surface area contributed by atoms with E-state index in [4.69, 9.17) is 10.5 Å². The fourth-order valence-corrected chi connectivity index (χ4v) is 1.87. The smallest absolute Gasteiger partial charge is 0.223 e. The number of carbonyl (C=O) groups is 1. The van der Waals surface area contributed by atoms with Gasteiger partial charge >= 0.3 is 0 Å². The maximum absolute atomic E-state index is 11.6. The van der Waals surface area contributed by atoms with Gasteiger partial charge in [0.15, 0.2) is 0 Å². The highest BCUT2D eigenvalue weighted by Gasteiger charge is 2.36. The van der Waals surface area contributed by atoms with E-state index in [2.05, 4.69) is 12.2 Å². The number of amides is 1. The van der Waals surface area contributed by atoms with Crippen molar-refractivity contribution in [2.45, 2.75) is 25.8 Å². The van der Waals surface area contributed by atoms with Gasteiger partial charge in [0.1, 0.15) is 0 Å². The third-order valence-electron chi connectivity index (χ3n) is 3.14. The van der Waals surface area contributed by atoms with Crippen molar-refractivity contribution < 1.29 is 9.53 Å². The molecule has 1 aliphatic carbocycles. The maximum Gasteiger partial charge on any atom is 0.223 e. The van der Waals surface area contributed by atoms with Crippen LogP contribution in [0.4, 0.5) is 0 Å². The zero-order valence-corrected chi connectivity index (χ0v) is 8.58. The fourth-order valence-electron chi connectivity index (χ4n) is 1.87. The summed E-state index contributed by atoms with van der Waals surface area (Å²) in [7, 11) is 0. The molecule has 0 spiro atoms. The van der Waals surface area contributed by atoms with Crippen LogP contribution < -0.4 is 11.1 Å². The predicted molar refractivity (Wildman–Crippen MR) is 52.6 cm³/mol. The number of nitrogens with two attached hydrogens (primary N) is 1. The highest BCUT2D eigenvalue weighted by molar-refractivity contribution is 5.79. The normalized spacial score (nSPS) is 34.1. The molecule has 2 rings (SSSR count). The Morgan fingerprint density at radius 3 is 2.64 bits per heavy atom. The molecule has 1 amide bonds. The molecule has 1 aliphatic heterocycles. The summed E-state index contributed by atoms with van der Waals surface area (Å²) in [5.41, 5.74) is 5.79. The van der Waals surface area contributed by atoms with Crippen LogP contribution in [-0.2, 0) is 9.53 Å². The van der Waals surface area contributed by atoms with Gasteiger partial charge in [0, 0.05) is 23.9 Å². The third kappa shape index (κ3) is 1.91. The van der Waals surface area contributed by atoms with E-state index < -0.39 is 0 Å². The first kappa shape index (κ1) is 9.93. The van der Waals surface area contributed by atoms with Crippen LogP contribution in [0.15, 0.2) is 0 Å². The summed E-state index contributed by atoms with van der Waals surface area (Å²) in [6.07, 6.45) is 1.69. The van der Waals surface area contributed by atoms with Gasteiger partial charge in [-0.2, -0.15) is 0 Å². The summed E-state index contributed by atoms with van der Waals surface area (Å²) in [5, 5.41) is 2.97. The number of nitrogens with one attached hydrogen (secondary N) is 1. The summed E-state index contributed by atoms with van der Waals surface area (Å²) in [4.78, 5) is 11.6. The lowest BCUT2D eigenvalue weighted by molar-refractivity contribution is -0.132. The van der Waals surface area contributed by atoms with Crippen LogP contribution in [0.2, 0.25) is 0 Å². The lowest BCUT2D eigenvalue weighted by atomic mass is 9.80. The standard InChI is InChI=1S/C10H18N2O2/c1-10(5-14-6-10)4-12-9(13)7-2-8(11)3-7/h7-8H,2-6,11H2,1H3,(H,12,13). The van der Waals surface area contributed by atoms with E-state index >= 15 is 0 Å². The van der Waals surface area contributed by atoms with Gasteiger partial charge < -0.3 is 15.8 Å². The molecular formula is C10H18N2O2. The second-order valence-electron chi connectivity index (χ2n) is 4.95. The highest BCUT2D eigenvalue weighted by Crippen LogP contribution is 2.28. The topological polar surface area (TPSA) is 64.4 Å². The fraction of sp³-hybridized carbons (Fsp3) is 0.900. The molecule has 2 aliphatic rings. The molecule has 0 bridgehead atoms. The molecule has 0 atom stereocenters. The number of hydrogen-bond donors (Lipinski definition) is 2. The van der Waals surface area contributed by atoms with E-state index in [-0.39, 0.29) is 23.3 Å². The average molecular weight is 198 g/mol. The SMILES string of the molecule is CC1(CNC(=O)C2CC(N)C2)COC1. The van der Waals surface area contributed by atoms with Gasteiger partial charge in [0.25, 0.3) is 0 Å². The van der Waals surface area contributed by atoms with Crippen LogP contribution in [0, 0.1) is 11.3 Å². The van der Waals surface area contributed by atoms with Crippen LogP contribution in [0.25, 0.3) is 0 Å². The van der Waals surface area contributed by atoms with Crippen molar-refractivity contribution in [1.82, 2.24) is 5.32 Å². The van der Waals surface area contributed by atoms with E-state index in [1.54, 1.807) is 0 Å². The largest absolute Gasteiger partial charge is 0.380 e. The van der Waals surface area contributed by atoms with Crippen LogP contribution in [0.3, 0.4) is 0 Å². The molecule has 2 fully saturated rings. The molecule has 0 aromatic heterocycles. The van der Waals surface area contributed by atoms with Crippen LogP contribution in [-0.4, -0.2) is 31.7 Å². The molecule has 80 valence electrons. The highest BCUT2D eigenvalue weighted by atomic mass is 16.5. The molecule has 0 aromatic carbocycles. The van der Waals surface area contributed by atoms with E-state index in [1.807, 2.05) is 0 Å².